The molecular weight excluding hydrogens is 292 g/mol. The molecule has 0 radical (unpaired) electrons. The van der Waals surface area contributed by atoms with E-state index in [0.717, 1.165) is 31.2 Å². The Bertz CT molecular complexity index is 522. The van der Waals surface area contributed by atoms with E-state index in [1.807, 2.05) is 38.1 Å². The number of nitrogens with one attached hydrogen (secondary N) is 2. The quantitative estimate of drug-likeness (QED) is 0.820. The molecule has 1 aromatic carbocycles. The van der Waals surface area contributed by atoms with Gasteiger partial charge in [-0.15, -0.1) is 0 Å². The minimum absolute atomic E-state index is 0.0159. The Morgan fingerprint density at radius 1 is 1.13 bits per heavy atom. The summed E-state index contributed by atoms with van der Waals surface area (Å²) in [5.74, 6) is 0.249. The fourth-order valence-corrected chi connectivity index (χ4v) is 2.77. The topological polar surface area (TPSA) is 67.4 Å². The van der Waals surface area contributed by atoms with Crippen molar-refractivity contribution in [1.29, 1.82) is 0 Å². The first kappa shape index (κ1) is 17.3. The van der Waals surface area contributed by atoms with Crippen molar-refractivity contribution < 1.29 is 14.3 Å². The van der Waals surface area contributed by atoms with Crippen LogP contribution in [0.25, 0.3) is 0 Å². The molecule has 2 N–H and O–H groups in total. The molecule has 1 unspecified atom stereocenters. The maximum atomic E-state index is 12.2. The molecule has 2 rings (SSSR count). The lowest BCUT2D eigenvalue weighted by atomic mass is 9.89. The molecule has 1 aliphatic rings. The first-order chi connectivity index (χ1) is 11.1. The van der Waals surface area contributed by atoms with Gasteiger partial charge >= 0.3 is 0 Å². The van der Waals surface area contributed by atoms with Gasteiger partial charge in [-0.2, -0.15) is 0 Å². The molecule has 5 heteroatoms. The van der Waals surface area contributed by atoms with Crippen LogP contribution in [0.4, 0.5) is 0 Å². The highest BCUT2D eigenvalue weighted by Gasteiger charge is 2.23. The van der Waals surface area contributed by atoms with E-state index >= 15 is 0 Å². The molecule has 0 saturated heterocycles. The molecular formula is C18H26N2O3. The monoisotopic (exact) mass is 318 g/mol. The molecule has 1 atom stereocenters. The van der Waals surface area contributed by atoms with Gasteiger partial charge in [0.05, 0.1) is 0 Å². The molecule has 0 bridgehead atoms. The zero-order valence-corrected chi connectivity index (χ0v) is 13.9. The van der Waals surface area contributed by atoms with Crippen molar-refractivity contribution in [3.05, 3.63) is 29.8 Å². The van der Waals surface area contributed by atoms with Crippen LogP contribution in [0.3, 0.4) is 0 Å². The van der Waals surface area contributed by atoms with Gasteiger partial charge in [-0.25, -0.2) is 0 Å². The van der Waals surface area contributed by atoms with E-state index in [4.69, 9.17) is 4.74 Å². The van der Waals surface area contributed by atoms with Gasteiger partial charge in [-0.1, -0.05) is 43.9 Å². The van der Waals surface area contributed by atoms with Gasteiger partial charge in [0.25, 0.3) is 5.91 Å². The van der Waals surface area contributed by atoms with E-state index in [2.05, 4.69) is 10.9 Å². The van der Waals surface area contributed by atoms with Crippen LogP contribution in [-0.4, -0.2) is 17.9 Å². The number of hydrazine groups is 1. The van der Waals surface area contributed by atoms with Gasteiger partial charge in [0.2, 0.25) is 5.91 Å². The fourth-order valence-electron chi connectivity index (χ4n) is 2.77. The summed E-state index contributed by atoms with van der Waals surface area (Å²) in [4.78, 5) is 24.2. The number of aryl methyl sites for hydroxylation is 1. The molecule has 1 saturated carbocycles. The largest absolute Gasteiger partial charge is 0.481 e. The van der Waals surface area contributed by atoms with Crippen LogP contribution in [0.2, 0.25) is 0 Å². The summed E-state index contributed by atoms with van der Waals surface area (Å²) in [6, 6.07) is 7.55. The van der Waals surface area contributed by atoms with Crippen LogP contribution < -0.4 is 15.6 Å². The normalized spacial score (nSPS) is 16.4. The van der Waals surface area contributed by atoms with Crippen molar-refractivity contribution in [2.24, 2.45) is 5.92 Å². The lowest BCUT2D eigenvalue weighted by Gasteiger charge is -2.22. The number of amides is 2. The van der Waals surface area contributed by atoms with Crippen LogP contribution >= 0.6 is 0 Å². The van der Waals surface area contributed by atoms with Gasteiger partial charge in [-0.05, 0) is 38.3 Å². The fraction of sp³-hybridized carbons (Fsp3) is 0.556. The van der Waals surface area contributed by atoms with Crippen molar-refractivity contribution >= 4 is 11.8 Å². The van der Waals surface area contributed by atoms with Gasteiger partial charge < -0.3 is 4.74 Å². The maximum absolute atomic E-state index is 12.2. The first-order valence-electron chi connectivity index (χ1n) is 8.43. The summed E-state index contributed by atoms with van der Waals surface area (Å²) in [5, 5.41) is 0. The van der Waals surface area contributed by atoms with E-state index in [9.17, 15) is 9.59 Å². The summed E-state index contributed by atoms with van der Waals surface area (Å²) in [7, 11) is 0. The minimum Gasteiger partial charge on any atom is -0.481 e. The van der Waals surface area contributed by atoms with Gasteiger partial charge in [0.15, 0.2) is 6.10 Å². The highest BCUT2D eigenvalue weighted by Crippen LogP contribution is 2.23. The lowest BCUT2D eigenvalue weighted by Crippen LogP contribution is -2.49. The number of rotatable bonds is 5. The highest BCUT2D eigenvalue weighted by molar-refractivity contribution is 5.85. The second kappa shape index (κ2) is 8.56. The smallest absolute Gasteiger partial charge is 0.279 e. The maximum Gasteiger partial charge on any atom is 0.279 e. The Morgan fingerprint density at radius 2 is 1.78 bits per heavy atom. The van der Waals surface area contributed by atoms with Crippen molar-refractivity contribution in [2.45, 2.75) is 58.5 Å². The number of carbonyl (C=O) groups is 2. The van der Waals surface area contributed by atoms with Crippen LogP contribution in [0, 0.1) is 12.8 Å². The molecule has 0 heterocycles. The van der Waals surface area contributed by atoms with Crippen LogP contribution in [0.5, 0.6) is 5.75 Å². The standard InChI is InChI=1S/C18H26N2O3/c1-3-16(23-15-11-9-13(2)10-12-15)18(22)20-19-17(21)14-7-5-4-6-8-14/h9-12,14,16H,3-8H2,1-2H3,(H,19,21)(H,20,22). The predicted octanol–water partition coefficient (Wildman–Crippen LogP) is 2.88. The Balaban J connectivity index is 1.82. The van der Waals surface area contributed by atoms with Crippen LogP contribution in [-0.2, 0) is 9.59 Å². The van der Waals surface area contributed by atoms with Crippen molar-refractivity contribution in [2.75, 3.05) is 0 Å². The summed E-state index contributed by atoms with van der Waals surface area (Å²) < 4.78 is 5.69. The molecule has 0 spiro atoms. The van der Waals surface area contributed by atoms with E-state index < -0.39 is 6.10 Å². The summed E-state index contributed by atoms with van der Waals surface area (Å²) in [6.45, 7) is 3.87. The number of carbonyl (C=O) groups excluding carboxylic acids is 2. The first-order valence-corrected chi connectivity index (χ1v) is 8.43. The average molecular weight is 318 g/mol. The van der Waals surface area contributed by atoms with Crippen LogP contribution in [0.1, 0.15) is 51.0 Å². The highest BCUT2D eigenvalue weighted by atomic mass is 16.5. The Kier molecular flexibility index (Phi) is 6.44. The van der Waals surface area contributed by atoms with Crippen molar-refractivity contribution in [1.82, 2.24) is 10.9 Å². The second-order valence-electron chi connectivity index (χ2n) is 6.14. The summed E-state index contributed by atoms with van der Waals surface area (Å²) in [6.07, 6.45) is 5.07. The number of ether oxygens (including phenoxy) is 1. The van der Waals surface area contributed by atoms with E-state index in [0.29, 0.717) is 12.2 Å². The van der Waals surface area contributed by atoms with E-state index in [1.54, 1.807) is 0 Å². The number of hydrogen-bond acceptors (Lipinski definition) is 3. The zero-order valence-electron chi connectivity index (χ0n) is 13.9. The number of benzene rings is 1. The van der Waals surface area contributed by atoms with Gasteiger partial charge in [0, 0.05) is 5.92 Å². The molecule has 126 valence electrons. The number of hydrogen-bond donors (Lipinski definition) is 2. The molecule has 0 aliphatic heterocycles. The van der Waals surface area contributed by atoms with Gasteiger partial charge in [0.1, 0.15) is 5.75 Å². The minimum atomic E-state index is -0.621. The molecule has 5 nitrogen and oxygen atoms in total. The van der Waals surface area contributed by atoms with E-state index in [-0.39, 0.29) is 17.7 Å². The van der Waals surface area contributed by atoms with Crippen molar-refractivity contribution in [3.63, 3.8) is 0 Å². The molecule has 0 aromatic heterocycles. The molecule has 1 fully saturated rings. The second-order valence-corrected chi connectivity index (χ2v) is 6.14. The van der Waals surface area contributed by atoms with Crippen molar-refractivity contribution in [3.8, 4) is 5.75 Å². The molecule has 1 aromatic rings. The zero-order chi connectivity index (χ0) is 16.7. The molecule has 23 heavy (non-hydrogen) atoms. The lowest BCUT2D eigenvalue weighted by molar-refractivity contribution is -0.135. The third-order valence-electron chi connectivity index (χ3n) is 4.25. The predicted molar refractivity (Wildman–Crippen MR) is 88.7 cm³/mol. The third kappa shape index (κ3) is 5.27. The summed E-state index contributed by atoms with van der Waals surface area (Å²) >= 11 is 0. The SMILES string of the molecule is CCC(Oc1ccc(C)cc1)C(=O)NNC(=O)C1CCCCC1. The third-order valence-corrected chi connectivity index (χ3v) is 4.25. The van der Waals surface area contributed by atoms with Crippen LogP contribution in [0.15, 0.2) is 24.3 Å². The molecule has 2 amide bonds. The summed E-state index contributed by atoms with van der Waals surface area (Å²) in [5.41, 5.74) is 6.18. The Hall–Kier alpha value is -2.04. The Morgan fingerprint density at radius 3 is 2.39 bits per heavy atom. The average Bonchev–Trinajstić information content (AvgIpc) is 2.59. The van der Waals surface area contributed by atoms with Gasteiger partial charge in [-0.3, -0.25) is 20.4 Å². The molecule has 1 aliphatic carbocycles. The Labute approximate surface area is 137 Å². The van der Waals surface area contributed by atoms with E-state index in [1.165, 1.54) is 6.42 Å².